The Kier molecular flexibility index (Phi) is 5.61. The van der Waals surface area contributed by atoms with Crippen LogP contribution in [0.25, 0.3) is 0 Å². The molecule has 20 heavy (non-hydrogen) atoms. The lowest BCUT2D eigenvalue weighted by Gasteiger charge is -2.09. The van der Waals surface area contributed by atoms with Gasteiger partial charge in [0, 0.05) is 12.6 Å². The Bertz CT molecular complexity index is 599. The maximum atomic E-state index is 12.1. The molecule has 7 nitrogen and oxygen atoms in total. The van der Waals surface area contributed by atoms with E-state index < -0.39 is 20.6 Å². The van der Waals surface area contributed by atoms with E-state index in [4.69, 9.17) is 5.73 Å². The van der Waals surface area contributed by atoms with Crippen molar-refractivity contribution in [2.45, 2.75) is 31.6 Å². The van der Waals surface area contributed by atoms with Crippen molar-refractivity contribution in [2.24, 2.45) is 5.73 Å². The monoisotopic (exact) mass is 301 g/mol. The number of benzene rings is 1. The molecule has 0 aliphatic rings. The second kappa shape index (κ2) is 6.78. The number of unbranched alkanes of at least 4 members (excludes halogenated alkanes) is 1. The minimum absolute atomic E-state index is 0.212. The van der Waals surface area contributed by atoms with Gasteiger partial charge in [-0.3, -0.25) is 10.1 Å². The van der Waals surface area contributed by atoms with Gasteiger partial charge in [-0.1, -0.05) is 0 Å². The highest BCUT2D eigenvalue weighted by molar-refractivity contribution is 7.89. The summed E-state index contributed by atoms with van der Waals surface area (Å²) in [6, 6.07) is 2.61. The molecule has 0 saturated carbocycles. The molecular formula is C12H19N3O4S. The van der Waals surface area contributed by atoms with Gasteiger partial charge < -0.3 is 5.73 Å². The lowest BCUT2D eigenvalue weighted by atomic mass is 10.1. The van der Waals surface area contributed by atoms with E-state index in [1.165, 1.54) is 12.1 Å². The van der Waals surface area contributed by atoms with Gasteiger partial charge in [-0.05, 0) is 50.4 Å². The molecule has 0 radical (unpaired) electrons. The third-order valence-corrected chi connectivity index (χ3v) is 4.47. The van der Waals surface area contributed by atoms with Crippen molar-refractivity contribution in [1.82, 2.24) is 4.72 Å². The average Bonchev–Trinajstić information content (AvgIpc) is 2.37. The van der Waals surface area contributed by atoms with Crippen LogP contribution in [0, 0.1) is 24.0 Å². The van der Waals surface area contributed by atoms with E-state index in [1.807, 2.05) is 0 Å². The first-order valence-corrected chi connectivity index (χ1v) is 7.73. The average molecular weight is 301 g/mol. The van der Waals surface area contributed by atoms with E-state index in [-0.39, 0.29) is 11.4 Å². The third-order valence-electron chi connectivity index (χ3n) is 2.98. The summed E-state index contributed by atoms with van der Waals surface area (Å²) in [5.41, 5.74) is 6.29. The van der Waals surface area contributed by atoms with Gasteiger partial charge in [0.05, 0.1) is 4.92 Å². The smallest absolute Gasteiger partial charge is 0.289 e. The summed E-state index contributed by atoms with van der Waals surface area (Å²) in [6.45, 7) is 4.11. The largest absolute Gasteiger partial charge is 0.330 e. The highest BCUT2D eigenvalue weighted by atomic mass is 32.2. The van der Waals surface area contributed by atoms with Crippen molar-refractivity contribution in [2.75, 3.05) is 13.1 Å². The molecule has 0 unspecified atom stereocenters. The molecule has 0 aliphatic heterocycles. The van der Waals surface area contributed by atoms with Crippen LogP contribution in [0.3, 0.4) is 0 Å². The fourth-order valence-corrected chi connectivity index (χ4v) is 3.00. The first-order valence-electron chi connectivity index (χ1n) is 6.25. The van der Waals surface area contributed by atoms with E-state index in [2.05, 4.69) is 4.72 Å². The Morgan fingerprint density at radius 1 is 1.25 bits per heavy atom. The first kappa shape index (κ1) is 16.5. The zero-order valence-corrected chi connectivity index (χ0v) is 12.4. The predicted molar refractivity (Wildman–Crippen MR) is 76.0 cm³/mol. The Balaban J connectivity index is 3.10. The van der Waals surface area contributed by atoms with Gasteiger partial charge in [-0.25, -0.2) is 13.1 Å². The van der Waals surface area contributed by atoms with Gasteiger partial charge in [0.25, 0.3) is 5.69 Å². The zero-order valence-electron chi connectivity index (χ0n) is 11.5. The van der Waals surface area contributed by atoms with Crippen LogP contribution in [-0.2, 0) is 10.0 Å². The summed E-state index contributed by atoms with van der Waals surface area (Å²) < 4.78 is 26.6. The highest BCUT2D eigenvalue weighted by Crippen LogP contribution is 2.27. The molecule has 0 spiro atoms. The molecule has 0 heterocycles. The summed E-state index contributed by atoms with van der Waals surface area (Å²) in [6.07, 6.45) is 1.28. The van der Waals surface area contributed by atoms with Crippen molar-refractivity contribution in [3.8, 4) is 0 Å². The third kappa shape index (κ3) is 3.99. The van der Waals surface area contributed by atoms with E-state index in [9.17, 15) is 18.5 Å². The molecule has 0 aromatic heterocycles. The van der Waals surface area contributed by atoms with Crippen LogP contribution in [-0.4, -0.2) is 26.4 Å². The molecule has 3 N–H and O–H groups in total. The number of nitrogens with zero attached hydrogens (tertiary/aromatic N) is 1. The van der Waals surface area contributed by atoms with Crippen molar-refractivity contribution in [1.29, 1.82) is 0 Å². The van der Waals surface area contributed by atoms with Gasteiger partial charge in [0.15, 0.2) is 4.90 Å². The topological polar surface area (TPSA) is 115 Å². The molecular weight excluding hydrogens is 282 g/mol. The molecule has 1 aromatic carbocycles. The Morgan fingerprint density at radius 2 is 1.85 bits per heavy atom. The van der Waals surface area contributed by atoms with Crippen LogP contribution >= 0.6 is 0 Å². The van der Waals surface area contributed by atoms with E-state index in [0.29, 0.717) is 30.5 Å². The summed E-state index contributed by atoms with van der Waals surface area (Å²) in [7, 11) is -3.89. The summed E-state index contributed by atoms with van der Waals surface area (Å²) in [4.78, 5) is 10.0. The van der Waals surface area contributed by atoms with Gasteiger partial charge in [0.1, 0.15) is 0 Å². The first-order chi connectivity index (χ1) is 9.29. The fourth-order valence-electron chi connectivity index (χ4n) is 1.69. The predicted octanol–water partition coefficient (Wildman–Crippen LogP) is 1.23. The number of rotatable bonds is 7. The maximum Gasteiger partial charge on any atom is 0.289 e. The van der Waals surface area contributed by atoms with Crippen LogP contribution in [0.1, 0.15) is 24.0 Å². The summed E-state index contributed by atoms with van der Waals surface area (Å²) in [5, 5.41) is 11.0. The molecule has 1 aromatic rings. The normalized spacial score (nSPS) is 11.6. The molecule has 112 valence electrons. The van der Waals surface area contributed by atoms with E-state index in [0.717, 1.165) is 0 Å². The number of nitro groups is 1. The van der Waals surface area contributed by atoms with Crippen LogP contribution in [0.2, 0.25) is 0 Å². The summed E-state index contributed by atoms with van der Waals surface area (Å²) in [5.74, 6) is 0. The Morgan fingerprint density at radius 3 is 2.40 bits per heavy atom. The van der Waals surface area contributed by atoms with E-state index in [1.54, 1.807) is 13.8 Å². The number of nitrogens with one attached hydrogen (secondary N) is 1. The quantitative estimate of drug-likeness (QED) is 0.446. The number of hydrogen-bond acceptors (Lipinski definition) is 5. The van der Waals surface area contributed by atoms with Crippen molar-refractivity contribution in [3.63, 3.8) is 0 Å². The molecule has 1 rings (SSSR count). The lowest BCUT2D eigenvalue weighted by molar-refractivity contribution is -0.387. The fraction of sp³-hybridized carbons (Fsp3) is 0.500. The van der Waals surface area contributed by atoms with Gasteiger partial charge in [-0.2, -0.15) is 0 Å². The Labute approximate surface area is 118 Å². The van der Waals surface area contributed by atoms with Crippen LogP contribution in [0.5, 0.6) is 0 Å². The Hall–Kier alpha value is -1.51. The number of nitrogens with two attached hydrogens (primary N) is 1. The zero-order chi connectivity index (χ0) is 15.3. The standard InChI is InChI=1S/C12H19N3O4S/c1-9-7-11(15(16)17)12(8-10(9)2)20(18,19)14-6-4-3-5-13/h7-8,14H,3-6,13H2,1-2H3. The lowest BCUT2D eigenvalue weighted by Crippen LogP contribution is -2.26. The molecule has 0 fully saturated rings. The highest BCUT2D eigenvalue weighted by Gasteiger charge is 2.26. The van der Waals surface area contributed by atoms with Crippen molar-refractivity contribution < 1.29 is 13.3 Å². The molecule has 8 heteroatoms. The molecule has 0 aliphatic carbocycles. The minimum atomic E-state index is -3.89. The number of sulfonamides is 1. The SMILES string of the molecule is Cc1cc([N+](=O)[O-])c(S(=O)(=O)NCCCCN)cc1C. The number of nitro benzene ring substituents is 1. The van der Waals surface area contributed by atoms with Crippen LogP contribution < -0.4 is 10.5 Å². The van der Waals surface area contributed by atoms with Crippen LogP contribution in [0.15, 0.2) is 17.0 Å². The van der Waals surface area contributed by atoms with Gasteiger partial charge in [0.2, 0.25) is 10.0 Å². The van der Waals surface area contributed by atoms with Crippen LogP contribution in [0.4, 0.5) is 5.69 Å². The van der Waals surface area contributed by atoms with Crippen molar-refractivity contribution in [3.05, 3.63) is 33.4 Å². The maximum absolute atomic E-state index is 12.1. The second-order valence-electron chi connectivity index (χ2n) is 4.55. The molecule has 0 atom stereocenters. The van der Waals surface area contributed by atoms with Gasteiger partial charge in [-0.15, -0.1) is 0 Å². The molecule has 0 amide bonds. The molecule has 0 bridgehead atoms. The number of aryl methyl sites for hydroxylation is 2. The second-order valence-corrected chi connectivity index (χ2v) is 6.29. The van der Waals surface area contributed by atoms with Gasteiger partial charge >= 0.3 is 0 Å². The van der Waals surface area contributed by atoms with Crippen molar-refractivity contribution >= 4 is 15.7 Å². The molecule has 0 saturated heterocycles. The minimum Gasteiger partial charge on any atom is -0.330 e. The number of hydrogen-bond donors (Lipinski definition) is 2. The summed E-state index contributed by atoms with van der Waals surface area (Å²) >= 11 is 0. The van der Waals surface area contributed by atoms with E-state index >= 15 is 0 Å².